The topological polar surface area (TPSA) is 63.6 Å². The van der Waals surface area contributed by atoms with Gasteiger partial charge in [0.2, 0.25) is 0 Å². The number of rotatable bonds is 4. The number of aromatic nitrogens is 1. The molecule has 1 atom stereocenters. The number of azo groups is 1. The average Bonchev–Trinajstić information content (AvgIpc) is 3.30. The zero-order chi connectivity index (χ0) is 15.9. The number of hydrogen-bond acceptors (Lipinski definition) is 5. The summed E-state index contributed by atoms with van der Waals surface area (Å²) in [5.74, 6) is 0.653. The van der Waals surface area contributed by atoms with Crippen molar-refractivity contribution in [3.8, 4) is 0 Å². The molecular formula is C18H20N4S. The quantitative estimate of drug-likeness (QED) is 0.903. The third-order valence-corrected chi connectivity index (χ3v) is 5.40. The van der Waals surface area contributed by atoms with E-state index in [4.69, 9.17) is 5.73 Å². The lowest BCUT2D eigenvalue weighted by Gasteiger charge is -2.25. The predicted octanol–water partition coefficient (Wildman–Crippen LogP) is 4.45. The fraction of sp³-hybridized carbons (Fsp3) is 0.389. The van der Waals surface area contributed by atoms with Crippen LogP contribution >= 0.6 is 11.3 Å². The van der Waals surface area contributed by atoms with Gasteiger partial charge in [-0.05, 0) is 37.3 Å². The lowest BCUT2D eigenvalue weighted by Crippen LogP contribution is -2.25. The average molecular weight is 324 g/mol. The van der Waals surface area contributed by atoms with Gasteiger partial charge in [-0.1, -0.05) is 30.3 Å². The SMILES string of the molecule is CC1(Cc2ccccc2)C=C(c2nc(N)sc2C2CC2)CN=N1. The summed E-state index contributed by atoms with van der Waals surface area (Å²) in [5.41, 5.74) is 9.16. The van der Waals surface area contributed by atoms with Gasteiger partial charge in [0, 0.05) is 16.9 Å². The Morgan fingerprint density at radius 3 is 2.78 bits per heavy atom. The van der Waals surface area contributed by atoms with Crippen LogP contribution in [0.15, 0.2) is 46.6 Å². The molecule has 1 aromatic carbocycles. The number of nitrogen functional groups attached to an aromatic ring is 1. The van der Waals surface area contributed by atoms with Crippen LogP contribution in [0.3, 0.4) is 0 Å². The molecule has 4 nitrogen and oxygen atoms in total. The van der Waals surface area contributed by atoms with E-state index in [2.05, 4.69) is 52.5 Å². The second-order valence-electron chi connectivity index (χ2n) is 6.63. The van der Waals surface area contributed by atoms with E-state index in [0.717, 1.165) is 12.1 Å². The van der Waals surface area contributed by atoms with Gasteiger partial charge in [-0.25, -0.2) is 4.98 Å². The Bertz CT molecular complexity index is 774. The maximum Gasteiger partial charge on any atom is 0.180 e. The molecule has 0 spiro atoms. The lowest BCUT2D eigenvalue weighted by atomic mass is 9.89. The summed E-state index contributed by atoms with van der Waals surface area (Å²) in [4.78, 5) is 5.94. The summed E-state index contributed by atoms with van der Waals surface area (Å²) < 4.78 is 0. The third kappa shape index (κ3) is 3.06. The minimum absolute atomic E-state index is 0.311. The van der Waals surface area contributed by atoms with Crippen LogP contribution in [0.2, 0.25) is 0 Å². The number of nitrogens with two attached hydrogens (primary N) is 1. The van der Waals surface area contributed by atoms with Crippen molar-refractivity contribution in [1.29, 1.82) is 0 Å². The van der Waals surface area contributed by atoms with E-state index >= 15 is 0 Å². The largest absolute Gasteiger partial charge is 0.375 e. The van der Waals surface area contributed by atoms with Gasteiger partial charge in [0.1, 0.15) is 5.54 Å². The minimum Gasteiger partial charge on any atom is -0.375 e. The van der Waals surface area contributed by atoms with Crippen molar-refractivity contribution in [2.45, 2.75) is 37.6 Å². The van der Waals surface area contributed by atoms with Crippen molar-refractivity contribution in [2.24, 2.45) is 10.2 Å². The Morgan fingerprint density at radius 2 is 2.04 bits per heavy atom. The molecule has 0 bridgehead atoms. The Hall–Kier alpha value is -2.01. The van der Waals surface area contributed by atoms with E-state index in [-0.39, 0.29) is 5.54 Å². The number of hydrogen-bond donors (Lipinski definition) is 1. The van der Waals surface area contributed by atoms with Crippen LogP contribution in [0.25, 0.3) is 5.57 Å². The summed E-state index contributed by atoms with van der Waals surface area (Å²) >= 11 is 1.64. The molecule has 2 heterocycles. The van der Waals surface area contributed by atoms with Crippen molar-refractivity contribution in [2.75, 3.05) is 12.3 Å². The van der Waals surface area contributed by atoms with Gasteiger partial charge < -0.3 is 5.73 Å². The van der Waals surface area contributed by atoms with Crippen LogP contribution in [0.5, 0.6) is 0 Å². The number of nitrogens with zero attached hydrogens (tertiary/aromatic N) is 3. The van der Waals surface area contributed by atoms with Crippen LogP contribution in [0, 0.1) is 0 Å². The Labute approximate surface area is 140 Å². The lowest BCUT2D eigenvalue weighted by molar-refractivity contribution is 0.537. The molecule has 5 heteroatoms. The second kappa shape index (κ2) is 5.57. The molecule has 2 N–H and O–H groups in total. The normalized spacial score (nSPS) is 23.8. The molecular weight excluding hydrogens is 304 g/mol. The first-order valence-electron chi connectivity index (χ1n) is 8.04. The minimum atomic E-state index is -0.311. The van der Waals surface area contributed by atoms with Crippen LogP contribution in [0.4, 0.5) is 5.13 Å². The van der Waals surface area contributed by atoms with E-state index < -0.39 is 0 Å². The first-order valence-corrected chi connectivity index (χ1v) is 8.85. The van der Waals surface area contributed by atoms with Gasteiger partial charge in [-0.2, -0.15) is 10.2 Å². The summed E-state index contributed by atoms with van der Waals surface area (Å²) in [6, 6.07) is 10.4. The first-order chi connectivity index (χ1) is 11.1. The van der Waals surface area contributed by atoms with Crippen LogP contribution < -0.4 is 5.73 Å². The molecule has 1 aromatic heterocycles. The highest BCUT2D eigenvalue weighted by Gasteiger charge is 2.32. The molecule has 1 unspecified atom stereocenters. The Morgan fingerprint density at radius 1 is 1.26 bits per heavy atom. The summed E-state index contributed by atoms with van der Waals surface area (Å²) in [5, 5.41) is 9.58. The van der Waals surface area contributed by atoms with Gasteiger partial charge in [-0.3, -0.25) is 0 Å². The molecule has 0 amide bonds. The summed E-state index contributed by atoms with van der Waals surface area (Å²) in [7, 11) is 0. The molecule has 0 saturated heterocycles. The van der Waals surface area contributed by atoms with E-state index in [0.29, 0.717) is 17.6 Å². The molecule has 2 aliphatic rings. The van der Waals surface area contributed by atoms with Gasteiger partial charge in [-0.15, -0.1) is 11.3 Å². The van der Waals surface area contributed by atoms with Crippen LogP contribution in [-0.2, 0) is 6.42 Å². The van der Waals surface area contributed by atoms with Crippen molar-refractivity contribution < 1.29 is 0 Å². The van der Waals surface area contributed by atoms with Gasteiger partial charge in [0.25, 0.3) is 0 Å². The summed E-state index contributed by atoms with van der Waals surface area (Å²) in [6.45, 7) is 2.74. The van der Waals surface area contributed by atoms with E-state index in [1.807, 2.05) is 6.07 Å². The molecule has 0 radical (unpaired) electrons. The van der Waals surface area contributed by atoms with Crippen molar-refractivity contribution in [1.82, 2.24) is 4.98 Å². The van der Waals surface area contributed by atoms with E-state index in [1.54, 1.807) is 11.3 Å². The molecule has 4 rings (SSSR count). The number of anilines is 1. The van der Waals surface area contributed by atoms with Crippen LogP contribution in [0.1, 0.15) is 41.8 Å². The zero-order valence-electron chi connectivity index (χ0n) is 13.2. The Balaban J connectivity index is 1.66. The van der Waals surface area contributed by atoms with Gasteiger partial charge in [0.15, 0.2) is 5.13 Å². The molecule has 23 heavy (non-hydrogen) atoms. The number of benzene rings is 1. The molecule has 1 aliphatic heterocycles. The summed E-state index contributed by atoms with van der Waals surface area (Å²) in [6.07, 6.45) is 5.60. The first kappa shape index (κ1) is 14.6. The standard InChI is InChI=1S/C18H20N4S/c1-18(9-12-5-3-2-4-6-12)10-14(11-20-22-18)15-16(13-7-8-13)23-17(19)21-15/h2-6,10,13H,7-9,11H2,1H3,(H2,19,21). The van der Waals surface area contributed by atoms with Crippen molar-refractivity contribution >= 4 is 22.0 Å². The maximum atomic E-state index is 5.97. The van der Waals surface area contributed by atoms with Crippen molar-refractivity contribution in [3.63, 3.8) is 0 Å². The van der Waals surface area contributed by atoms with Crippen molar-refractivity contribution in [3.05, 3.63) is 52.5 Å². The molecule has 1 aliphatic carbocycles. The smallest absolute Gasteiger partial charge is 0.180 e. The molecule has 1 fully saturated rings. The van der Waals surface area contributed by atoms with E-state index in [1.165, 1.54) is 28.9 Å². The fourth-order valence-corrected chi connectivity index (χ4v) is 4.20. The fourth-order valence-electron chi connectivity index (χ4n) is 3.16. The monoisotopic (exact) mass is 324 g/mol. The third-order valence-electron chi connectivity index (χ3n) is 4.35. The maximum absolute atomic E-state index is 5.97. The highest BCUT2D eigenvalue weighted by atomic mass is 32.1. The van der Waals surface area contributed by atoms with Gasteiger partial charge >= 0.3 is 0 Å². The number of thiazole rings is 1. The molecule has 118 valence electrons. The van der Waals surface area contributed by atoms with Crippen LogP contribution in [-0.4, -0.2) is 17.1 Å². The molecule has 2 aromatic rings. The van der Waals surface area contributed by atoms with E-state index in [9.17, 15) is 0 Å². The zero-order valence-corrected chi connectivity index (χ0v) is 14.0. The highest BCUT2D eigenvalue weighted by Crippen LogP contribution is 2.47. The van der Waals surface area contributed by atoms with Gasteiger partial charge in [0.05, 0.1) is 12.2 Å². The second-order valence-corrected chi connectivity index (χ2v) is 7.69. The molecule has 1 saturated carbocycles. The predicted molar refractivity (Wildman–Crippen MR) is 94.8 cm³/mol. The Kier molecular flexibility index (Phi) is 3.53. The highest BCUT2D eigenvalue weighted by molar-refractivity contribution is 7.15.